The highest BCUT2D eigenvalue weighted by Gasteiger charge is 2.12. The van der Waals surface area contributed by atoms with E-state index in [1.165, 1.54) is 5.56 Å². The first-order chi connectivity index (χ1) is 6.31. The molecule has 1 aromatic carbocycles. The number of carbonyl (C=O) groups excluding carboxylic acids is 1. The number of anilines is 1. The summed E-state index contributed by atoms with van der Waals surface area (Å²) in [5.41, 5.74) is 2.87. The number of hydrogen-bond donors (Lipinski definition) is 2. The standard InChI is InChI=1S/C10H11NO2/c12-6-10(13)8-1-2-9-7(5-8)3-4-11-9/h1-2,5,11-12H,3-4,6H2. The van der Waals surface area contributed by atoms with E-state index in [0.29, 0.717) is 5.56 Å². The Morgan fingerprint density at radius 1 is 1.54 bits per heavy atom. The van der Waals surface area contributed by atoms with Gasteiger partial charge in [0.05, 0.1) is 0 Å². The number of hydrogen-bond acceptors (Lipinski definition) is 3. The molecule has 1 aromatic rings. The van der Waals surface area contributed by atoms with Gasteiger partial charge in [0.15, 0.2) is 5.78 Å². The fourth-order valence-corrected chi connectivity index (χ4v) is 1.57. The summed E-state index contributed by atoms with van der Waals surface area (Å²) in [6, 6.07) is 5.49. The Hall–Kier alpha value is -1.35. The molecule has 3 heteroatoms. The molecule has 2 rings (SSSR count). The van der Waals surface area contributed by atoms with E-state index in [0.717, 1.165) is 18.7 Å². The number of rotatable bonds is 2. The summed E-state index contributed by atoms with van der Waals surface area (Å²) in [4.78, 5) is 11.1. The van der Waals surface area contributed by atoms with Gasteiger partial charge in [-0.05, 0) is 30.2 Å². The molecule has 1 aliphatic rings. The van der Waals surface area contributed by atoms with Crippen molar-refractivity contribution in [2.75, 3.05) is 18.5 Å². The monoisotopic (exact) mass is 177 g/mol. The minimum Gasteiger partial charge on any atom is -0.388 e. The van der Waals surface area contributed by atoms with Crippen LogP contribution < -0.4 is 5.32 Å². The maximum absolute atomic E-state index is 11.1. The lowest BCUT2D eigenvalue weighted by molar-refractivity contribution is 0.0903. The maximum Gasteiger partial charge on any atom is 0.188 e. The molecule has 0 aliphatic carbocycles. The van der Waals surface area contributed by atoms with Crippen molar-refractivity contribution in [3.05, 3.63) is 29.3 Å². The Labute approximate surface area is 76.4 Å². The molecule has 0 radical (unpaired) electrons. The Bertz CT molecular complexity index is 347. The van der Waals surface area contributed by atoms with Crippen LogP contribution in [0, 0.1) is 0 Å². The summed E-state index contributed by atoms with van der Waals surface area (Å²) in [5, 5.41) is 11.9. The van der Waals surface area contributed by atoms with Crippen molar-refractivity contribution in [1.82, 2.24) is 0 Å². The van der Waals surface area contributed by atoms with Crippen LogP contribution in [0.1, 0.15) is 15.9 Å². The second-order valence-corrected chi connectivity index (χ2v) is 3.13. The molecule has 0 amide bonds. The second kappa shape index (κ2) is 3.18. The van der Waals surface area contributed by atoms with Crippen LogP contribution in [0.15, 0.2) is 18.2 Å². The average Bonchev–Trinajstić information content (AvgIpc) is 2.63. The molecule has 1 heterocycles. The van der Waals surface area contributed by atoms with Crippen LogP contribution in [0.2, 0.25) is 0 Å². The molecule has 0 unspecified atom stereocenters. The van der Waals surface area contributed by atoms with Gasteiger partial charge in [0, 0.05) is 17.8 Å². The number of fused-ring (bicyclic) bond motifs is 1. The van der Waals surface area contributed by atoms with Crippen molar-refractivity contribution in [3.8, 4) is 0 Å². The number of benzene rings is 1. The molecule has 0 saturated carbocycles. The summed E-state index contributed by atoms with van der Waals surface area (Å²) >= 11 is 0. The van der Waals surface area contributed by atoms with Crippen molar-refractivity contribution in [1.29, 1.82) is 0 Å². The lowest BCUT2D eigenvalue weighted by Gasteiger charge is -2.01. The predicted molar refractivity (Wildman–Crippen MR) is 50.1 cm³/mol. The molecule has 0 bridgehead atoms. The number of nitrogens with one attached hydrogen (secondary N) is 1. The Kier molecular flexibility index (Phi) is 2.02. The van der Waals surface area contributed by atoms with Gasteiger partial charge in [-0.1, -0.05) is 0 Å². The van der Waals surface area contributed by atoms with Crippen LogP contribution in [0.3, 0.4) is 0 Å². The van der Waals surface area contributed by atoms with Gasteiger partial charge in [-0.25, -0.2) is 0 Å². The van der Waals surface area contributed by atoms with Gasteiger partial charge in [-0.15, -0.1) is 0 Å². The van der Waals surface area contributed by atoms with Gasteiger partial charge in [0.2, 0.25) is 0 Å². The van der Waals surface area contributed by atoms with Crippen molar-refractivity contribution in [2.45, 2.75) is 6.42 Å². The molecule has 3 nitrogen and oxygen atoms in total. The molecular formula is C10H11NO2. The zero-order valence-corrected chi connectivity index (χ0v) is 7.21. The largest absolute Gasteiger partial charge is 0.388 e. The van der Waals surface area contributed by atoms with Crippen LogP contribution in [0.25, 0.3) is 0 Å². The summed E-state index contributed by atoms with van der Waals surface area (Å²) < 4.78 is 0. The molecule has 0 fully saturated rings. The minimum absolute atomic E-state index is 0.213. The minimum atomic E-state index is -0.411. The summed E-state index contributed by atoms with van der Waals surface area (Å²) in [5.74, 6) is -0.213. The number of Topliss-reactive ketones (excluding diaryl/α,β-unsaturated/α-hetero) is 1. The van der Waals surface area contributed by atoms with Gasteiger partial charge in [-0.3, -0.25) is 4.79 Å². The molecular weight excluding hydrogens is 166 g/mol. The van der Waals surface area contributed by atoms with E-state index >= 15 is 0 Å². The summed E-state index contributed by atoms with van der Waals surface area (Å²) in [7, 11) is 0. The van der Waals surface area contributed by atoms with Gasteiger partial charge in [0.25, 0.3) is 0 Å². The van der Waals surface area contributed by atoms with E-state index in [9.17, 15) is 4.79 Å². The third-order valence-electron chi connectivity index (χ3n) is 2.28. The number of carbonyl (C=O) groups is 1. The Morgan fingerprint density at radius 2 is 2.38 bits per heavy atom. The first-order valence-electron chi connectivity index (χ1n) is 4.32. The average molecular weight is 177 g/mol. The number of ketones is 1. The topological polar surface area (TPSA) is 49.3 Å². The van der Waals surface area contributed by atoms with E-state index in [1.54, 1.807) is 6.07 Å². The van der Waals surface area contributed by atoms with Crippen LogP contribution in [0.5, 0.6) is 0 Å². The van der Waals surface area contributed by atoms with Crippen LogP contribution in [-0.4, -0.2) is 24.0 Å². The normalized spacial score (nSPS) is 13.6. The third-order valence-corrected chi connectivity index (χ3v) is 2.28. The van der Waals surface area contributed by atoms with E-state index < -0.39 is 6.61 Å². The fraction of sp³-hybridized carbons (Fsp3) is 0.300. The van der Waals surface area contributed by atoms with Crippen molar-refractivity contribution in [3.63, 3.8) is 0 Å². The van der Waals surface area contributed by atoms with Crippen LogP contribution in [0.4, 0.5) is 5.69 Å². The predicted octanol–water partition coefficient (Wildman–Crippen LogP) is 0.830. The Morgan fingerprint density at radius 3 is 3.15 bits per heavy atom. The highest BCUT2D eigenvalue weighted by Crippen LogP contribution is 2.22. The first kappa shape index (κ1) is 8.26. The van der Waals surface area contributed by atoms with E-state index in [1.807, 2.05) is 12.1 Å². The number of aliphatic hydroxyl groups excluding tert-OH is 1. The van der Waals surface area contributed by atoms with Gasteiger partial charge >= 0.3 is 0 Å². The van der Waals surface area contributed by atoms with E-state index in [-0.39, 0.29) is 5.78 Å². The first-order valence-corrected chi connectivity index (χ1v) is 4.32. The van der Waals surface area contributed by atoms with Crippen LogP contribution in [-0.2, 0) is 6.42 Å². The SMILES string of the molecule is O=C(CO)c1ccc2c(c1)CCN2. The second-order valence-electron chi connectivity index (χ2n) is 3.13. The quantitative estimate of drug-likeness (QED) is 0.658. The molecule has 1 aliphatic heterocycles. The van der Waals surface area contributed by atoms with E-state index in [4.69, 9.17) is 5.11 Å². The molecule has 0 aromatic heterocycles. The smallest absolute Gasteiger partial charge is 0.188 e. The van der Waals surface area contributed by atoms with Crippen molar-refractivity contribution in [2.24, 2.45) is 0 Å². The van der Waals surface area contributed by atoms with E-state index in [2.05, 4.69) is 5.32 Å². The van der Waals surface area contributed by atoms with Crippen molar-refractivity contribution >= 4 is 11.5 Å². The molecule has 68 valence electrons. The molecule has 2 N–H and O–H groups in total. The van der Waals surface area contributed by atoms with Gasteiger partial charge in [-0.2, -0.15) is 0 Å². The molecule has 0 spiro atoms. The van der Waals surface area contributed by atoms with Crippen LogP contribution >= 0.6 is 0 Å². The summed E-state index contributed by atoms with van der Waals surface area (Å²) in [6.45, 7) is 0.526. The van der Waals surface area contributed by atoms with Crippen molar-refractivity contribution < 1.29 is 9.90 Å². The highest BCUT2D eigenvalue weighted by atomic mass is 16.3. The maximum atomic E-state index is 11.1. The number of aliphatic hydroxyl groups is 1. The third kappa shape index (κ3) is 1.42. The zero-order valence-electron chi connectivity index (χ0n) is 7.21. The lowest BCUT2D eigenvalue weighted by Crippen LogP contribution is -2.04. The zero-order chi connectivity index (χ0) is 9.26. The van der Waals surface area contributed by atoms with Gasteiger partial charge < -0.3 is 10.4 Å². The summed E-state index contributed by atoms with van der Waals surface area (Å²) in [6.07, 6.45) is 0.960. The Balaban J connectivity index is 2.36. The van der Waals surface area contributed by atoms with Gasteiger partial charge in [0.1, 0.15) is 6.61 Å². The molecule has 13 heavy (non-hydrogen) atoms. The molecule has 0 atom stereocenters. The molecule has 0 saturated heterocycles. The fourth-order valence-electron chi connectivity index (χ4n) is 1.57. The lowest BCUT2D eigenvalue weighted by atomic mass is 10.1. The highest BCUT2D eigenvalue weighted by molar-refractivity contribution is 5.97.